The highest BCUT2D eigenvalue weighted by Gasteiger charge is 2.14. The number of imidazole rings is 1. The number of unbranched alkanes of at least 4 members (excludes halogenated alkanes) is 4. The molecule has 0 aliphatic carbocycles. The Morgan fingerprint density at radius 3 is 2.48 bits per heavy atom. The van der Waals surface area contributed by atoms with E-state index in [1.54, 1.807) is 31.9 Å². The summed E-state index contributed by atoms with van der Waals surface area (Å²) in [6.45, 7) is 2.24. The first kappa shape index (κ1) is 17.5. The van der Waals surface area contributed by atoms with Gasteiger partial charge in [0, 0.05) is 20.6 Å². The average molecular weight is 322 g/mol. The Kier molecular flexibility index (Phi) is 5.76. The van der Waals surface area contributed by atoms with E-state index >= 15 is 0 Å². The van der Waals surface area contributed by atoms with Crippen molar-refractivity contribution in [1.82, 2.24) is 18.7 Å². The van der Waals surface area contributed by atoms with Crippen molar-refractivity contribution in [3.8, 4) is 0 Å². The topological polar surface area (TPSA) is 82.1 Å². The lowest BCUT2D eigenvalue weighted by Gasteiger charge is -2.08. The molecule has 0 spiro atoms. The van der Waals surface area contributed by atoms with Gasteiger partial charge >= 0.3 is 5.69 Å². The van der Waals surface area contributed by atoms with Gasteiger partial charge in [0.05, 0.1) is 12.4 Å². The van der Waals surface area contributed by atoms with Crippen molar-refractivity contribution in [1.29, 1.82) is 0 Å². The first-order chi connectivity index (χ1) is 10.9. The number of aryl methyl sites for hydroxylation is 2. The van der Waals surface area contributed by atoms with Crippen molar-refractivity contribution >= 4 is 11.2 Å². The maximum Gasteiger partial charge on any atom is 0.332 e. The van der Waals surface area contributed by atoms with Crippen LogP contribution < -0.4 is 11.2 Å². The minimum Gasteiger partial charge on any atom is -0.393 e. The molecule has 2 heterocycles. The highest BCUT2D eigenvalue weighted by Crippen LogP contribution is 2.08. The van der Waals surface area contributed by atoms with Crippen LogP contribution in [0.2, 0.25) is 0 Å². The summed E-state index contributed by atoms with van der Waals surface area (Å²) in [4.78, 5) is 28.9. The molecule has 0 amide bonds. The molecule has 2 aromatic rings. The number of hydrogen-bond donors (Lipinski definition) is 1. The minimum atomic E-state index is -0.310. The van der Waals surface area contributed by atoms with E-state index in [2.05, 4.69) is 4.98 Å². The van der Waals surface area contributed by atoms with Gasteiger partial charge in [0.25, 0.3) is 5.56 Å². The standard InChI is InChI=1S/C16H26N4O3/c1-12(21)9-7-5-4-6-8-10-20-15(22)13-14(17-11-18(13)2)19(3)16(20)23/h11-12,21H,4-10H2,1-3H3. The Labute approximate surface area is 135 Å². The number of hydrogen-bond acceptors (Lipinski definition) is 4. The fourth-order valence-corrected chi connectivity index (χ4v) is 2.83. The van der Waals surface area contributed by atoms with Crippen LogP contribution in [0.5, 0.6) is 0 Å². The third-order valence-electron chi connectivity index (χ3n) is 4.20. The van der Waals surface area contributed by atoms with Crippen LogP contribution in [0.15, 0.2) is 15.9 Å². The van der Waals surface area contributed by atoms with Crippen molar-refractivity contribution in [2.24, 2.45) is 14.1 Å². The molecule has 0 saturated carbocycles. The fourth-order valence-electron chi connectivity index (χ4n) is 2.83. The zero-order chi connectivity index (χ0) is 17.0. The zero-order valence-electron chi connectivity index (χ0n) is 14.2. The van der Waals surface area contributed by atoms with Crippen LogP contribution in [-0.2, 0) is 20.6 Å². The Morgan fingerprint density at radius 2 is 1.78 bits per heavy atom. The monoisotopic (exact) mass is 322 g/mol. The van der Waals surface area contributed by atoms with Gasteiger partial charge in [-0.3, -0.25) is 13.9 Å². The van der Waals surface area contributed by atoms with Crippen LogP contribution in [0.3, 0.4) is 0 Å². The van der Waals surface area contributed by atoms with Crippen molar-refractivity contribution in [3.63, 3.8) is 0 Å². The first-order valence-corrected chi connectivity index (χ1v) is 8.22. The molecule has 1 unspecified atom stereocenters. The van der Waals surface area contributed by atoms with Crippen molar-refractivity contribution < 1.29 is 5.11 Å². The molecular formula is C16H26N4O3. The molecule has 7 nitrogen and oxygen atoms in total. The first-order valence-electron chi connectivity index (χ1n) is 8.22. The molecule has 2 rings (SSSR count). The second-order valence-corrected chi connectivity index (χ2v) is 6.23. The van der Waals surface area contributed by atoms with Gasteiger partial charge in [-0.15, -0.1) is 0 Å². The Bertz CT molecular complexity index is 770. The van der Waals surface area contributed by atoms with Crippen molar-refractivity contribution in [3.05, 3.63) is 27.2 Å². The lowest BCUT2D eigenvalue weighted by molar-refractivity contribution is 0.180. The molecule has 1 atom stereocenters. The second-order valence-electron chi connectivity index (χ2n) is 6.23. The zero-order valence-corrected chi connectivity index (χ0v) is 14.2. The fraction of sp³-hybridized carbons (Fsp3) is 0.688. The van der Waals surface area contributed by atoms with E-state index in [1.807, 2.05) is 0 Å². The van der Waals surface area contributed by atoms with Crippen LogP contribution in [0, 0.1) is 0 Å². The van der Waals surface area contributed by atoms with E-state index in [0.29, 0.717) is 17.7 Å². The molecule has 0 fully saturated rings. The lowest BCUT2D eigenvalue weighted by atomic mass is 10.1. The average Bonchev–Trinajstić information content (AvgIpc) is 2.89. The minimum absolute atomic E-state index is 0.234. The summed E-state index contributed by atoms with van der Waals surface area (Å²) in [5, 5.41) is 9.20. The normalized spacial score (nSPS) is 12.9. The van der Waals surface area contributed by atoms with Crippen LogP contribution in [0.25, 0.3) is 11.2 Å². The molecule has 0 aromatic carbocycles. The van der Waals surface area contributed by atoms with Gasteiger partial charge in [0.1, 0.15) is 0 Å². The van der Waals surface area contributed by atoms with E-state index < -0.39 is 0 Å². The van der Waals surface area contributed by atoms with Gasteiger partial charge in [-0.2, -0.15) is 0 Å². The molecule has 0 radical (unpaired) electrons. The van der Waals surface area contributed by atoms with Crippen molar-refractivity contribution in [2.45, 2.75) is 58.1 Å². The Balaban J connectivity index is 2.00. The van der Waals surface area contributed by atoms with Crippen LogP contribution in [0.1, 0.15) is 45.4 Å². The third-order valence-corrected chi connectivity index (χ3v) is 4.20. The van der Waals surface area contributed by atoms with Gasteiger partial charge in [-0.25, -0.2) is 9.78 Å². The van der Waals surface area contributed by atoms with Crippen LogP contribution >= 0.6 is 0 Å². The summed E-state index contributed by atoms with van der Waals surface area (Å²) in [7, 11) is 3.40. The summed E-state index contributed by atoms with van der Waals surface area (Å²) in [6.07, 6.45) is 7.05. The largest absolute Gasteiger partial charge is 0.393 e. The number of aromatic nitrogens is 4. The number of fused-ring (bicyclic) bond motifs is 1. The summed E-state index contributed by atoms with van der Waals surface area (Å²) >= 11 is 0. The summed E-state index contributed by atoms with van der Waals surface area (Å²) < 4.78 is 4.39. The quantitative estimate of drug-likeness (QED) is 0.739. The SMILES string of the molecule is CC(O)CCCCCCCn1c(=O)c2c(ncn2C)n(C)c1=O. The molecule has 7 heteroatoms. The third kappa shape index (κ3) is 3.90. The maximum atomic E-state index is 12.5. The number of rotatable bonds is 8. The van der Waals surface area contributed by atoms with E-state index in [9.17, 15) is 14.7 Å². The van der Waals surface area contributed by atoms with E-state index in [1.165, 1.54) is 9.13 Å². The van der Waals surface area contributed by atoms with Gasteiger partial charge in [0.15, 0.2) is 11.2 Å². The highest BCUT2D eigenvalue weighted by molar-refractivity contribution is 5.69. The molecule has 23 heavy (non-hydrogen) atoms. The van der Waals surface area contributed by atoms with Gasteiger partial charge in [-0.1, -0.05) is 25.7 Å². The molecule has 128 valence electrons. The van der Waals surface area contributed by atoms with E-state index in [0.717, 1.165) is 38.5 Å². The number of aliphatic hydroxyl groups excluding tert-OH is 1. The van der Waals surface area contributed by atoms with Gasteiger partial charge in [0.2, 0.25) is 0 Å². The predicted octanol–water partition coefficient (Wildman–Crippen LogP) is 1.16. The van der Waals surface area contributed by atoms with Crippen molar-refractivity contribution in [2.75, 3.05) is 0 Å². The van der Waals surface area contributed by atoms with E-state index in [4.69, 9.17) is 0 Å². The van der Waals surface area contributed by atoms with Gasteiger partial charge < -0.3 is 9.67 Å². The number of aliphatic hydroxyl groups is 1. The Hall–Kier alpha value is -1.89. The van der Waals surface area contributed by atoms with Crippen LogP contribution in [0.4, 0.5) is 0 Å². The molecule has 0 aliphatic heterocycles. The molecule has 0 saturated heterocycles. The summed E-state index contributed by atoms with van der Waals surface area (Å²) in [5.74, 6) is 0. The molecule has 0 bridgehead atoms. The summed E-state index contributed by atoms with van der Waals surface area (Å²) in [5.41, 5.74) is 0.313. The van der Waals surface area contributed by atoms with E-state index in [-0.39, 0.29) is 17.4 Å². The summed E-state index contributed by atoms with van der Waals surface area (Å²) in [6, 6.07) is 0. The maximum absolute atomic E-state index is 12.5. The lowest BCUT2D eigenvalue weighted by Crippen LogP contribution is -2.39. The highest BCUT2D eigenvalue weighted by atomic mass is 16.3. The predicted molar refractivity (Wildman–Crippen MR) is 89.6 cm³/mol. The van der Waals surface area contributed by atoms with Gasteiger partial charge in [-0.05, 0) is 19.8 Å². The second kappa shape index (κ2) is 7.59. The number of nitrogens with zero attached hydrogens (tertiary/aromatic N) is 4. The smallest absolute Gasteiger partial charge is 0.332 e. The molecular weight excluding hydrogens is 296 g/mol. The van der Waals surface area contributed by atoms with Crippen LogP contribution in [-0.4, -0.2) is 29.9 Å². The molecule has 0 aliphatic rings. The molecule has 2 aromatic heterocycles. The Morgan fingerprint density at radius 1 is 1.13 bits per heavy atom. The molecule has 1 N–H and O–H groups in total.